The number of hydrogen-bond acceptors (Lipinski definition) is 6. The van der Waals surface area contributed by atoms with Crippen LogP contribution in [0.1, 0.15) is 31.3 Å². The molecule has 0 aliphatic carbocycles. The Morgan fingerprint density at radius 1 is 1.03 bits per heavy atom. The van der Waals surface area contributed by atoms with Gasteiger partial charge in [-0.15, -0.1) is 0 Å². The Hall–Kier alpha value is -2.63. The molecule has 1 aliphatic rings. The van der Waals surface area contributed by atoms with E-state index in [1.165, 1.54) is 0 Å². The molecule has 2 aromatic heterocycles. The van der Waals surface area contributed by atoms with Gasteiger partial charge in [-0.25, -0.2) is 14.6 Å². The van der Waals surface area contributed by atoms with Crippen LogP contribution in [0.4, 0.5) is 10.5 Å². The van der Waals surface area contributed by atoms with Gasteiger partial charge in [0.05, 0.1) is 0 Å². The number of hydrogen-bond donors (Lipinski definition) is 2. The Labute approximate surface area is 257 Å². The Kier molecular flexibility index (Phi) is 8.15. The predicted molar refractivity (Wildman–Crippen MR) is 143 cm³/mol. The second-order valence-corrected chi connectivity index (χ2v) is 9.75. The van der Waals surface area contributed by atoms with Gasteiger partial charge in [0.1, 0.15) is 5.60 Å². The first-order chi connectivity index (χ1) is 17.2. The van der Waals surface area contributed by atoms with Gasteiger partial charge in [-0.3, -0.25) is 0 Å². The molecule has 2 aromatic carbocycles. The first-order valence-corrected chi connectivity index (χ1v) is 11.8. The summed E-state index contributed by atoms with van der Waals surface area (Å²) in [6, 6.07) is 15.1. The first-order valence-electron chi connectivity index (χ1n) is 11.8. The SMILES string of the molecule is CC(C)(C)OC(=O)N1CCN(c2ccc(-c3oc(-c4cccc5[nH]ccc45)nc3C(=O)O)cc2)CC1.[KH]. The number of aromatic amines is 1. The molecule has 0 saturated carbocycles. The molecule has 188 valence electrons. The summed E-state index contributed by atoms with van der Waals surface area (Å²) in [4.78, 5) is 35.6. The number of benzene rings is 2. The zero-order chi connectivity index (χ0) is 25.4. The summed E-state index contributed by atoms with van der Waals surface area (Å²) in [5.74, 6) is -0.676. The fourth-order valence-corrected chi connectivity index (χ4v) is 4.35. The number of carboxylic acid groups (broad SMARTS) is 1. The maximum absolute atomic E-state index is 12.3. The van der Waals surface area contributed by atoms with Gasteiger partial charge in [0.25, 0.3) is 0 Å². The molecular formula is C27H29KN4O5. The van der Waals surface area contributed by atoms with Crippen molar-refractivity contribution in [3.63, 3.8) is 0 Å². The van der Waals surface area contributed by atoms with Gasteiger partial charge in [-0.1, -0.05) is 6.07 Å². The van der Waals surface area contributed by atoms with Crippen LogP contribution in [0.15, 0.2) is 59.1 Å². The van der Waals surface area contributed by atoms with Crippen molar-refractivity contribution in [2.24, 2.45) is 0 Å². The number of nitrogens with one attached hydrogen (secondary N) is 1. The maximum atomic E-state index is 12.3. The van der Waals surface area contributed by atoms with Crippen LogP contribution in [0.25, 0.3) is 33.7 Å². The number of amides is 1. The number of carbonyl (C=O) groups is 2. The molecule has 1 fully saturated rings. The molecule has 1 saturated heterocycles. The predicted octanol–water partition coefficient (Wildman–Crippen LogP) is 4.60. The topological polar surface area (TPSA) is 112 Å². The number of H-pyrrole nitrogens is 1. The molecule has 2 N–H and O–H groups in total. The number of anilines is 1. The molecule has 0 bridgehead atoms. The van der Waals surface area contributed by atoms with Crippen LogP contribution in [0.3, 0.4) is 0 Å². The van der Waals surface area contributed by atoms with E-state index in [9.17, 15) is 14.7 Å². The second-order valence-electron chi connectivity index (χ2n) is 9.75. The molecule has 10 heteroatoms. The molecule has 5 rings (SSSR count). The Balaban J connectivity index is 0.00000320. The molecule has 1 amide bonds. The zero-order valence-corrected chi connectivity index (χ0v) is 20.4. The first kappa shape index (κ1) is 27.4. The molecule has 0 unspecified atom stereocenters. The Morgan fingerprint density at radius 2 is 1.73 bits per heavy atom. The third kappa shape index (κ3) is 5.94. The molecule has 3 heterocycles. The number of aromatic nitrogens is 2. The summed E-state index contributed by atoms with van der Waals surface area (Å²) in [6.45, 7) is 8.05. The molecule has 1 aliphatic heterocycles. The van der Waals surface area contributed by atoms with Crippen LogP contribution >= 0.6 is 0 Å². The van der Waals surface area contributed by atoms with Gasteiger partial charge in [-0.05, 0) is 63.2 Å². The van der Waals surface area contributed by atoms with Gasteiger partial charge in [-0.2, -0.15) is 0 Å². The van der Waals surface area contributed by atoms with Crippen molar-refractivity contribution < 1.29 is 23.8 Å². The van der Waals surface area contributed by atoms with Gasteiger partial charge < -0.3 is 29.0 Å². The number of aromatic carboxylic acids is 1. The summed E-state index contributed by atoms with van der Waals surface area (Å²) >= 11 is 0. The Bertz CT molecular complexity index is 1410. The van der Waals surface area contributed by atoms with Crippen LogP contribution < -0.4 is 4.90 Å². The van der Waals surface area contributed by atoms with E-state index < -0.39 is 11.6 Å². The van der Waals surface area contributed by atoms with E-state index >= 15 is 0 Å². The molecule has 0 atom stereocenters. The number of oxazole rings is 1. The number of ether oxygens (including phenoxy) is 1. The van der Waals surface area contributed by atoms with Crippen LogP contribution in [0, 0.1) is 0 Å². The second kappa shape index (κ2) is 11.0. The monoisotopic (exact) mass is 528 g/mol. The fraction of sp³-hybridized carbons (Fsp3) is 0.296. The van der Waals surface area contributed by atoms with Gasteiger partial charge in [0, 0.05) is 60.1 Å². The van der Waals surface area contributed by atoms with E-state index in [1.807, 2.05) is 75.5 Å². The third-order valence-corrected chi connectivity index (χ3v) is 6.08. The van der Waals surface area contributed by atoms with Crippen LogP contribution in [-0.2, 0) is 4.74 Å². The van der Waals surface area contributed by atoms with E-state index in [4.69, 9.17) is 9.15 Å². The molecular weight excluding hydrogens is 499 g/mol. The van der Waals surface area contributed by atoms with Crippen LogP contribution in [0.5, 0.6) is 0 Å². The van der Waals surface area contributed by atoms with E-state index in [0.29, 0.717) is 31.7 Å². The number of carboxylic acids is 1. The molecule has 37 heavy (non-hydrogen) atoms. The van der Waals surface area contributed by atoms with E-state index in [-0.39, 0.29) is 74.8 Å². The van der Waals surface area contributed by atoms with Crippen molar-refractivity contribution in [3.05, 3.63) is 60.4 Å². The van der Waals surface area contributed by atoms with Crippen LogP contribution in [-0.4, -0.2) is 115 Å². The number of fused-ring (bicyclic) bond motifs is 1. The quantitative estimate of drug-likeness (QED) is 0.373. The number of carbonyl (C=O) groups excluding carboxylic acids is 1. The molecule has 0 spiro atoms. The van der Waals surface area contributed by atoms with Crippen molar-refractivity contribution in [1.29, 1.82) is 0 Å². The number of piperazine rings is 1. The summed E-state index contributed by atoms with van der Waals surface area (Å²) < 4.78 is 11.5. The van der Waals surface area contributed by atoms with E-state index in [1.54, 1.807) is 4.90 Å². The fourth-order valence-electron chi connectivity index (χ4n) is 4.35. The van der Waals surface area contributed by atoms with Gasteiger partial charge in [0.15, 0.2) is 11.5 Å². The Morgan fingerprint density at radius 3 is 2.38 bits per heavy atom. The zero-order valence-electron chi connectivity index (χ0n) is 20.4. The van der Waals surface area contributed by atoms with Gasteiger partial charge in [0.2, 0.25) is 5.89 Å². The standard InChI is InChI=1S/C27H28N4O5.K.H/c1-27(2,3)36-26(34)31-15-13-30(14-16-31)18-9-7-17(8-10-18)23-22(25(32)33)29-24(35-23)20-5-4-6-21-19(20)11-12-28-21;;/h4-12,28H,13-16H2,1-3H3,(H,32,33);;. The minimum atomic E-state index is -1.15. The number of nitrogens with zero attached hydrogens (tertiary/aromatic N) is 3. The summed E-state index contributed by atoms with van der Waals surface area (Å²) in [5.41, 5.74) is 2.60. The van der Waals surface area contributed by atoms with E-state index in [2.05, 4.69) is 14.9 Å². The van der Waals surface area contributed by atoms with Crippen molar-refractivity contribution in [1.82, 2.24) is 14.9 Å². The average Bonchev–Trinajstić information content (AvgIpc) is 3.51. The third-order valence-electron chi connectivity index (χ3n) is 6.08. The normalized spacial score (nSPS) is 13.9. The number of rotatable bonds is 4. The van der Waals surface area contributed by atoms with Crippen LogP contribution in [0.2, 0.25) is 0 Å². The molecule has 4 aromatic rings. The van der Waals surface area contributed by atoms with Crippen molar-refractivity contribution >= 4 is 80.0 Å². The summed E-state index contributed by atoms with van der Waals surface area (Å²) in [6.07, 6.45) is 1.53. The molecule has 9 nitrogen and oxygen atoms in total. The minimum absolute atomic E-state index is 0. The summed E-state index contributed by atoms with van der Waals surface area (Å²) in [7, 11) is 0. The van der Waals surface area contributed by atoms with Crippen molar-refractivity contribution in [2.45, 2.75) is 26.4 Å². The average molecular weight is 529 g/mol. The van der Waals surface area contributed by atoms with E-state index in [0.717, 1.165) is 22.2 Å². The van der Waals surface area contributed by atoms with Crippen molar-refractivity contribution in [2.75, 3.05) is 31.1 Å². The summed E-state index contributed by atoms with van der Waals surface area (Å²) in [5, 5.41) is 10.7. The van der Waals surface area contributed by atoms with Gasteiger partial charge >= 0.3 is 63.4 Å². The molecule has 0 radical (unpaired) electrons. The van der Waals surface area contributed by atoms with Crippen molar-refractivity contribution in [3.8, 4) is 22.8 Å².